The van der Waals surface area contributed by atoms with Gasteiger partial charge < -0.3 is 5.11 Å². The van der Waals surface area contributed by atoms with E-state index in [1.807, 2.05) is 0 Å². The number of rotatable bonds is 6. The molecule has 5 nitrogen and oxygen atoms in total. The first kappa shape index (κ1) is 14.2. The van der Waals surface area contributed by atoms with Crippen molar-refractivity contribution < 1.29 is 18.3 Å². The van der Waals surface area contributed by atoms with E-state index in [0.29, 0.717) is 12.8 Å². The lowest BCUT2D eigenvalue weighted by atomic mass is 10.2. The third kappa shape index (κ3) is 3.87. The Kier molecular flexibility index (Phi) is 4.89. The van der Waals surface area contributed by atoms with E-state index < -0.39 is 16.0 Å². The van der Waals surface area contributed by atoms with E-state index >= 15 is 0 Å². The van der Waals surface area contributed by atoms with E-state index in [0.717, 1.165) is 0 Å². The maximum Gasteiger partial charge on any atom is 0.335 e. The van der Waals surface area contributed by atoms with Crippen molar-refractivity contribution in [1.29, 1.82) is 0 Å². The van der Waals surface area contributed by atoms with Gasteiger partial charge in [-0.25, -0.2) is 17.9 Å². The summed E-state index contributed by atoms with van der Waals surface area (Å²) in [4.78, 5) is 10.7. The van der Waals surface area contributed by atoms with Crippen LogP contribution in [-0.2, 0) is 10.0 Å². The van der Waals surface area contributed by atoms with Gasteiger partial charge in [-0.05, 0) is 30.7 Å². The molecule has 0 aliphatic carbocycles. The van der Waals surface area contributed by atoms with Crippen molar-refractivity contribution in [2.45, 2.75) is 17.7 Å². The first-order valence-corrected chi connectivity index (χ1v) is 6.72. The van der Waals surface area contributed by atoms with Gasteiger partial charge in [-0.15, -0.1) is 12.3 Å². The second-order valence-electron chi connectivity index (χ2n) is 3.53. The van der Waals surface area contributed by atoms with E-state index in [1.54, 1.807) is 0 Å². The predicted octanol–water partition coefficient (Wildman–Crippen LogP) is 1.08. The summed E-state index contributed by atoms with van der Waals surface area (Å²) in [6, 6.07) is 5.01. The molecule has 0 aliphatic rings. The molecule has 0 saturated heterocycles. The topological polar surface area (TPSA) is 83.5 Å². The average Bonchev–Trinajstić information content (AvgIpc) is 2.35. The van der Waals surface area contributed by atoms with Crippen LogP contribution >= 0.6 is 0 Å². The normalized spacial score (nSPS) is 10.8. The Balaban J connectivity index is 2.73. The molecule has 0 heterocycles. The molecule has 1 rings (SSSR count). The van der Waals surface area contributed by atoms with Crippen LogP contribution < -0.4 is 4.72 Å². The number of nitrogens with one attached hydrogen (secondary N) is 1. The second-order valence-corrected chi connectivity index (χ2v) is 5.30. The highest BCUT2D eigenvalue weighted by Crippen LogP contribution is 2.10. The molecule has 0 fully saturated rings. The summed E-state index contributed by atoms with van der Waals surface area (Å²) >= 11 is 0. The van der Waals surface area contributed by atoms with Crippen LogP contribution in [0.25, 0.3) is 0 Å². The third-order valence-corrected chi connectivity index (χ3v) is 3.68. The van der Waals surface area contributed by atoms with Crippen molar-refractivity contribution in [3.05, 3.63) is 29.8 Å². The molecule has 18 heavy (non-hydrogen) atoms. The van der Waals surface area contributed by atoms with Gasteiger partial charge >= 0.3 is 5.97 Å². The zero-order chi connectivity index (χ0) is 13.6. The fourth-order valence-corrected chi connectivity index (χ4v) is 2.33. The molecule has 0 saturated carbocycles. The molecule has 0 bridgehead atoms. The summed E-state index contributed by atoms with van der Waals surface area (Å²) in [7, 11) is -3.59. The fourth-order valence-electron chi connectivity index (χ4n) is 1.26. The highest BCUT2D eigenvalue weighted by Gasteiger charge is 2.13. The number of carboxylic acid groups (broad SMARTS) is 1. The van der Waals surface area contributed by atoms with E-state index in [9.17, 15) is 13.2 Å². The van der Waals surface area contributed by atoms with Crippen molar-refractivity contribution in [3.8, 4) is 12.3 Å². The van der Waals surface area contributed by atoms with Crippen LogP contribution in [0.15, 0.2) is 29.2 Å². The highest BCUT2D eigenvalue weighted by molar-refractivity contribution is 7.89. The van der Waals surface area contributed by atoms with Gasteiger partial charge in [0.05, 0.1) is 10.5 Å². The predicted molar refractivity (Wildman–Crippen MR) is 66.7 cm³/mol. The van der Waals surface area contributed by atoms with Gasteiger partial charge in [-0.2, -0.15) is 0 Å². The van der Waals surface area contributed by atoms with Gasteiger partial charge in [0, 0.05) is 13.0 Å². The van der Waals surface area contributed by atoms with Gasteiger partial charge in [0.25, 0.3) is 0 Å². The molecule has 1 aromatic rings. The maximum absolute atomic E-state index is 11.8. The molecule has 6 heteroatoms. The summed E-state index contributed by atoms with van der Waals surface area (Å²) < 4.78 is 25.9. The highest BCUT2D eigenvalue weighted by atomic mass is 32.2. The van der Waals surface area contributed by atoms with Crippen LogP contribution in [0.5, 0.6) is 0 Å². The minimum Gasteiger partial charge on any atom is -0.478 e. The second kappa shape index (κ2) is 6.19. The lowest BCUT2D eigenvalue weighted by Gasteiger charge is -2.06. The minimum absolute atomic E-state index is 0.0354. The van der Waals surface area contributed by atoms with Crippen LogP contribution in [0.4, 0.5) is 0 Å². The number of carbonyl (C=O) groups is 1. The van der Waals surface area contributed by atoms with Gasteiger partial charge in [0.1, 0.15) is 0 Å². The van der Waals surface area contributed by atoms with Crippen LogP contribution in [-0.4, -0.2) is 26.0 Å². The first-order valence-electron chi connectivity index (χ1n) is 5.24. The zero-order valence-corrected chi connectivity index (χ0v) is 10.4. The van der Waals surface area contributed by atoms with Gasteiger partial charge in [-0.3, -0.25) is 0 Å². The van der Waals surface area contributed by atoms with Gasteiger partial charge in [0.2, 0.25) is 10.0 Å². The Morgan fingerprint density at radius 3 is 2.44 bits per heavy atom. The lowest BCUT2D eigenvalue weighted by Crippen LogP contribution is -2.24. The molecule has 0 amide bonds. The first-order chi connectivity index (χ1) is 8.47. The minimum atomic E-state index is -3.59. The van der Waals surface area contributed by atoms with Crippen LogP contribution in [0, 0.1) is 12.3 Å². The molecule has 96 valence electrons. The van der Waals surface area contributed by atoms with Crippen molar-refractivity contribution >= 4 is 16.0 Å². The van der Waals surface area contributed by atoms with Crippen molar-refractivity contribution in [1.82, 2.24) is 4.72 Å². The molecule has 1 aromatic carbocycles. The molecular formula is C12H13NO4S. The molecular weight excluding hydrogens is 254 g/mol. The quantitative estimate of drug-likeness (QED) is 0.596. The Bertz CT molecular complexity index is 555. The lowest BCUT2D eigenvalue weighted by molar-refractivity contribution is 0.0697. The van der Waals surface area contributed by atoms with Crippen LogP contribution in [0.2, 0.25) is 0 Å². The van der Waals surface area contributed by atoms with Crippen LogP contribution in [0.1, 0.15) is 23.2 Å². The third-order valence-electron chi connectivity index (χ3n) is 2.20. The average molecular weight is 267 g/mol. The molecule has 0 atom stereocenters. The van der Waals surface area contributed by atoms with E-state index in [4.69, 9.17) is 11.5 Å². The van der Waals surface area contributed by atoms with E-state index in [2.05, 4.69) is 10.6 Å². The van der Waals surface area contributed by atoms with Crippen molar-refractivity contribution in [3.63, 3.8) is 0 Å². The Morgan fingerprint density at radius 2 is 1.94 bits per heavy atom. The number of hydrogen-bond acceptors (Lipinski definition) is 3. The Labute approximate surface area is 106 Å². The molecule has 2 N–H and O–H groups in total. The number of terminal acetylenes is 1. The Hall–Kier alpha value is -1.84. The number of benzene rings is 1. The van der Waals surface area contributed by atoms with E-state index in [-0.39, 0.29) is 17.0 Å². The zero-order valence-electron chi connectivity index (χ0n) is 9.59. The summed E-state index contributed by atoms with van der Waals surface area (Å²) in [6.45, 7) is 0.257. The molecule has 0 aromatic heterocycles. The molecule has 0 aliphatic heterocycles. The number of carboxylic acids is 1. The summed E-state index contributed by atoms with van der Waals surface area (Å²) in [5.41, 5.74) is 0.0429. The van der Waals surface area contributed by atoms with Gasteiger partial charge in [0.15, 0.2) is 0 Å². The number of aromatic carboxylic acids is 1. The molecule has 0 spiro atoms. The van der Waals surface area contributed by atoms with Crippen molar-refractivity contribution in [2.75, 3.05) is 6.54 Å². The largest absolute Gasteiger partial charge is 0.478 e. The van der Waals surface area contributed by atoms with Gasteiger partial charge in [-0.1, -0.05) is 0 Å². The fraction of sp³-hybridized carbons (Fsp3) is 0.250. The summed E-state index contributed by atoms with van der Waals surface area (Å²) in [6.07, 6.45) is 6.11. The summed E-state index contributed by atoms with van der Waals surface area (Å²) in [5, 5.41) is 8.70. The van der Waals surface area contributed by atoms with E-state index in [1.165, 1.54) is 24.3 Å². The number of sulfonamides is 1. The SMILES string of the molecule is C#CCCCNS(=O)(=O)c1ccc(C(=O)O)cc1. The number of hydrogen-bond donors (Lipinski definition) is 2. The molecule has 0 unspecified atom stereocenters. The maximum atomic E-state index is 11.8. The molecule has 0 radical (unpaired) electrons. The standard InChI is InChI=1S/C12H13NO4S/c1-2-3-4-9-13-18(16,17)11-7-5-10(6-8-11)12(14)15/h1,5-8,13H,3-4,9H2,(H,14,15). The smallest absolute Gasteiger partial charge is 0.335 e. The Morgan fingerprint density at radius 1 is 1.33 bits per heavy atom. The summed E-state index contributed by atoms with van der Waals surface area (Å²) in [5.74, 6) is 1.32. The van der Waals surface area contributed by atoms with Crippen LogP contribution in [0.3, 0.4) is 0 Å². The number of unbranched alkanes of at least 4 members (excludes halogenated alkanes) is 1. The monoisotopic (exact) mass is 267 g/mol. The van der Waals surface area contributed by atoms with Crippen molar-refractivity contribution in [2.24, 2.45) is 0 Å².